The van der Waals surface area contributed by atoms with Crippen LogP contribution in [0.25, 0.3) is 0 Å². The summed E-state index contributed by atoms with van der Waals surface area (Å²) in [5.41, 5.74) is 0.760. The summed E-state index contributed by atoms with van der Waals surface area (Å²) in [7, 11) is 1.52. The van der Waals surface area contributed by atoms with E-state index in [-0.39, 0.29) is 17.0 Å². The molecule has 0 spiro atoms. The molecule has 0 aliphatic rings. The van der Waals surface area contributed by atoms with Crippen molar-refractivity contribution in [1.82, 2.24) is 4.57 Å². The molecule has 0 fully saturated rings. The first kappa shape index (κ1) is 15.2. The third-order valence-electron chi connectivity index (χ3n) is 3.03. The predicted octanol–water partition coefficient (Wildman–Crippen LogP) is 2.60. The van der Waals surface area contributed by atoms with Crippen molar-refractivity contribution in [3.63, 3.8) is 0 Å². The minimum Gasteiger partial charge on any atom is -0.320 e. The number of carbonyl (C=O) groups is 2. The summed E-state index contributed by atoms with van der Waals surface area (Å²) in [6.07, 6.45) is 0. The van der Waals surface area contributed by atoms with Crippen molar-refractivity contribution in [2.45, 2.75) is 6.92 Å². The number of nitrogens with one attached hydrogen (secondary N) is 1. The number of halogens is 1. The first-order valence-corrected chi connectivity index (χ1v) is 6.97. The van der Waals surface area contributed by atoms with E-state index in [4.69, 9.17) is 0 Å². The van der Waals surface area contributed by atoms with Gasteiger partial charge in [-0.3, -0.25) is 14.4 Å². The molecule has 0 saturated carbocycles. The van der Waals surface area contributed by atoms with Gasteiger partial charge in [-0.25, -0.2) is 0 Å². The van der Waals surface area contributed by atoms with Crippen molar-refractivity contribution >= 4 is 33.3 Å². The summed E-state index contributed by atoms with van der Waals surface area (Å²) in [5, 5.41) is 2.66. The van der Waals surface area contributed by atoms with Crippen LogP contribution < -0.4 is 10.9 Å². The number of amides is 1. The van der Waals surface area contributed by atoms with Crippen molar-refractivity contribution in [3.8, 4) is 0 Å². The monoisotopic (exact) mass is 348 g/mol. The quantitative estimate of drug-likeness (QED) is 0.866. The van der Waals surface area contributed by atoms with Gasteiger partial charge in [-0.2, -0.15) is 0 Å². The average molecular weight is 349 g/mol. The molecule has 0 radical (unpaired) electrons. The minimum atomic E-state index is -0.444. The summed E-state index contributed by atoms with van der Waals surface area (Å²) in [5.74, 6) is -0.603. The van der Waals surface area contributed by atoms with Crippen molar-refractivity contribution in [3.05, 3.63) is 62.5 Å². The van der Waals surface area contributed by atoms with Crippen LogP contribution in [0, 0.1) is 0 Å². The number of hydrogen-bond donors (Lipinski definition) is 1. The first-order valence-electron chi connectivity index (χ1n) is 6.18. The zero-order chi connectivity index (χ0) is 15.6. The van der Waals surface area contributed by atoms with E-state index < -0.39 is 5.91 Å². The molecule has 0 aliphatic heterocycles. The maximum absolute atomic E-state index is 12.3. The lowest BCUT2D eigenvalue weighted by Crippen LogP contribution is -2.25. The number of rotatable bonds is 3. The van der Waals surface area contributed by atoms with Crippen LogP contribution in [0.3, 0.4) is 0 Å². The minimum absolute atomic E-state index is 0.159. The molecule has 1 aromatic heterocycles. The number of aromatic nitrogens is 1. The molecular weight excluding hydrogens is 336 g/mol. The second-order valence-electron chi connectivity index (χ2n) is 4.51. The molecule has 1 N–H and O–H groups in total. The van der Waals surface area contributed by atoms with Crippen molar-refractivity contribution in [1.29, 1.82) is 0 Å². The summed E-state index contributed by atoms with van der Waals surface area (Å²) < 4.78 is 2.00. The van der Waals surface area contributed by atoms with Crippen LogP contribution in [-0.2, 0) is 7.05 Å². The van der Waals surface area contributed by atoms with Crippen LogP contribution in [0.1, 0.15) is 27.8 Å². The van der Waals surface area contributed by atoms with Crippen LogP contribution in [0.5, 0.6) is 0 Å². The van der Waals surface area contributed by atoms with Crippen molar-refractivity contribution < 1.29 is 9.59 Å². The number of Topliss-reactive ketones (excluding diaryl/α,β-unsaturated/α-hetero) is 1. The molecule has 0 bridgehead atoms. The summed E-state index contributed by atoms with van der Waals surface area (Å²) >= 11 is 3.29. The normalized spacial score (nSPS) is 10.2. The largest absolute Gasteiger partial charge is 0.320 e. The van der Waals surface area contributed by atoms with E-state index in [1.165, 1.54) is 30.7 Å². The van der Waals surface area contributed by atoms with Gasteiger partial charge in [-0.05, 0) is 31.2 Å². The molecule has 0 unspecified atom stereocenters. The molecule has 0 saturated heterocycles. The van der Waals surface area contributed by atoms with E-state index >= 15 is 0 Å². The van der Waals surface area contributed by atoms with Crippen LogP contribution in [0.2, 0.25) is 0 Å². The van der Waals surface area contributed by atoms with E-state index in [1.54, 1.807) is 24.3 Å². The van der Waals surface area contributed by atoms with Crippen LogP contribution in [-0.4, -0.2) is 16.3 Å². The lowest BCUT2D eigenvalue weighted by atomic mass is 10.1. The van der Waals surface area contributed by atoms with Gasteiger partial charge in [0, 0.05) is 23.2 Å². The molecule has 2 rings (SSSR count). The van der Waals surface area contributed by atoms with Gasteiger partial charge < -0.3 is 9.88 Å². The van der Waals surface area contributed by atoms with Crippen LogP contribution in [0.15, 0.2) is 45.7 Å². The Morgan fingerprint density at radius 2 is 1.90 bits per heavy atom. The molecule has 0 aliphatic carbocycles. The van der Waals surface area contributed by atoms with Gasteiger partial charge in [-0.1, -0.05) is 22.0 Å². The second-order valence-corrected chi connectivity index (χ2v) is 5.42. The fourth-order valence-corrected chi connectivity index (χ4v) is 2.26. The fourth-order valence-electron chi connectivity index (χ4n) is 1.90. The van der Waals surface area contributed by atoms with Gasteiger partial charge >= 0.3 is 0 Å². The van der Waals surface area contributed by atoms with Gasteiger partial charge in [0.05, 0.1) is 5.69 Å². The third kappa shape index (κ3) is 3.28. The Kier molecular flexibility index (Phi) is 4.37. The molecule has 6 heteroatoms. The zero-order valence-electron chi connectivity index (χ0n) is 11.5. The lowest BCUT2D eigenvalue weighted by Gasteiger charge is -2.11. The Morgan fingerprint density at radius 1 is 1.19 bits per heavy atom. The average Bonchev–Trinajstić information content (AvgIpc) is 2.43. The van der Waals surface area contributed by atoms with Crippen LogP contribution >= 0.6 is 15.9 Å². The van der Waals surface area contributed by atoms with Crippen molar-refractivity contribution in [2.24, 2.45) is 7.05 Å². The number of hydrogen-bond acceptors (Lipinski definition) is 3. The third-order valence-corrected chi connectivity index (χ3v) is 3.52. The van der Waals surface area contributed by atoms with E-state index in [0.29, 0.717) is 11.3 Å². The number of carbonyl (C=O) groups excluding carboxylic acids is 2. The maximum atomic E-state index is 12.3. The summed E-state index contributed by atoms with van der Waals surface area (Å²) in [6.45, 7) is 1.43. The highest BCUT2D eigenvalue weighted by Crippen LogP contribution is 2.22. The summed E-state index contributed by atoms with van der Waals surface area (Å²) in [6, 6.07) is 9.44. The molecule has 0 atom stereocenters. The molecule has 2 aromatic rings. The molecule has 1 heterocycles. The number of anilines is 1. The Labute approximate surface area is 129 Å². The smallest absolute Gasteiger partial charge is 0.272 e. The highest BCUT2D eigenvalue weighted by atomic mass is 79.9. The van der Waals surface area contributed by atoms with Crippen LogP contribution in [0.4, 0.5) is 5.69 Å². The van der Waals surface area contributed by atoms with Crippen molar-refractivity contribution in [2.75, 3.05) is 5.32 Å². The molecule has 5 nitrogen and oxygen atoms in total. The Hall–Kier alpha value is -2.21. The highest BCUT2D eigenvalue weighted by molar-refractivity contribution is 9.10. The SMILES string of the molecule is CC(=O)c1cc(Br)ccc1NC(=O)c1cccc(=O)n1C. The van der Waals surface area contributed by atoms with Gasteiger partial charge in [0.2, 0.25) is 0 Å². The Morgan fingerprint density at radius 3 is 2.57 bits per heavy atom. The molecule has 108 valence electrons. The van der Waals surface area contributed by atoms with Gasteiger partial charge in [-0.15, -0.1) is 0 Å². The first-order chi connectivity index (χ1) is 9.90. The standard InChI is InChI=1S/C15H13BrN2O3/c1-9(19)11-8-10(16)6-7-12(11)17-15(21)13-4-3-5-14(20)18(13)2/h3-8H,1-2H3,(H,17,21). The van der Waals surface area contributed by atoms with Gasteiger partial charge in [0.25, 0.3) is 11.5 Å². The second kappa shape index (κ2) is 6.05. The van der Waals surface area contributed by atoms with E-state index in [1.807, 2.05) is 0 Å². The lowest BCUT2D eigenvalue weighted by molar-refractivity contribution is 0.101. The molecular formula is C15H13BrN2O3. The molecule has 21 heavy (non-hydrogen) atoms. The van der Waals surface area contributed by atoms with Gasteiger partial charge in [0.15, 0.2) is 5.78 Å². The van der Waals surface area contributed by atoms with E-state index in [0.717, 1.165) is 4.47 Å². The van der Waals surface area contributed by atoms with E-state index in [2.05, 4.69) is 21.2 Å². The highest BCUT2D eigenvalue weighted by Gasteiger charge is 2.14. The predicted molar refractivity (Wildman–Crippen MR) is 83.8 cm³/mol. The number of ketones is 1. The zero-order valence-corrected chi connectivity index (χ0v) is 13.1. The maximum Gasteiger partial charge on any atom is 0.272 e. The Bertz CT molecular complexity index is 781. The molecule has 1 amide bonds. The van der Waals surface area contributed by atoms with Gasteiger partial charge in [0.1, 0.15) is 5.69 Å². The number of benzene rings is 1. The number of pyridine rings is 1. The van der Waals surface area contributed by atoms with E-state index in [9.17, 15) is 14.4 Å². The topological polar surface area (TPSA) is 68.2 Å². The number of nitrogens with zero attached hydrogens (tertiary/aromatic N) is 1. The molecule has 1 aromatic carbocycles. The fraction of sp³-hybridized carbons (Fsp3) is 0.133. The Balaban J connectivity index is 2.38. The summed E-state index contributed by atoms with van der Waals surface area (Å²) in [4.78, 5) is 35.4.